The van der Waals surface area contributed by atoms with Gasteiger partial charge in [0, 0.05) is 11.4 Å². The van der Waals surface area contributed by atoms with Crippen LogP contribution < -0.4 is 4.72 Å². The smallest absolute Gasteiger partial charge is 0.210 e. The van der Waals surface area contributed by atoms with Crippen molar-refractivity contribution in [3.8, 4) is 0 Å². The lowest BCUT2D eigenvalue weighted by molar-refractivity contribution is 0.578. The van der Waals surface area contributed by atoms with Crippen molar-refractivity contribution >= 4 is 26.0 Å². The van der Waals surface area contributed by atoms with Crippen LogP contribution in [-0.4, -0.2) is 19.8 Å². The average Bonchev–Trinajstić information content (AvgIpc) is 2.30. The molecule has 0 radical (unpaired) electrons. The highest BCUT2D eigenvalue weighted by Crippen LogP contribution is 2.15. The van der Waals surface area contributed by atoms with E-state index in [0.29, 0.717) is 11.4 Å². The topological polar surface area (TPSA) is 46.2 Å². The molecule has 18 heavy (non-hydrogen) atoms. The van der Waals surface area contributed by atoms with Crippen LogP contribution >= 0.6 is 15.9 Å². The van der Waals surface area contributed by atoms with E-state index in [0.717, 1.165) is 24.0 Å². The summed E-state index contributed by atoms with van der Waals surface area (Å²) in [5, 5.41) is 0. The summed E-state index contributed by atoms with van der Waals surface area (Å²) in [5.41, 5.74) is 2.08. The maximum absolute atomic E-state index is 12.1. The molecule has 0 aromatic heterocycles. The van der Waals surface area contributed by atoms with Gasteiger partial charge in [0.05, 0.1) is 4.90 Å². The molecule has 0 aliphatic heterocycles. The zero-order valence-electron chi connectivity index (χ0n) is 11.0. The lowest BCUT2D eigenvalue weighted by Gasteiger charge is -2.11. The Labute approximate surface area is 118 Å². The Morgan fingerprint density at radius 1 is 1.28 bits per heavy atom. The SMILES string of the molecule is CCCC(Br)CNS(=O)(=O)c1ccc(C)c(C)c1. The van der Waals surface area contributed by atoms with Crippen LogP contribution in [0.4, 0.5) is 0 Å². The van der Waals surface area contributed by atoms with Crippen LogP contribution in [0.2, 0.25) is 0 Å². The molecule has 5 heteroatoms. The fourth-order valence-electron chi connectivity index (χ4n) is 1.58. The maximum atomic E-state index is 12.1. The average molecular weight is 334 g/mol. The van der Waals surface area contributed by atoms with Gasteiger partial charge in [0.1, 0.15) is 0 Å². The number of hydrogen-bond donors (Lipinski definition) is 1. The summed E-state index contributed by atoms with van der Waals surface area (Å²) in [7, 11) is -3.39. The number of hydrogen-bond acceptors (Lipinski definition) is 2. The Kier molecular flexibility index (Phi) is 5.82. The molecule has 1 unspecified atom stereocenters. The molecule has 0 aliphatic carbocycles. The summed E-state index contributed by atoms with van der Waals surface area (Å²) in [6, 6.07) is 5.19. The first-order valence-corrected chi connectivity index (χ1v) is 8.47. The Hall–Kier alpha value is -0.390. The molecule has 1 aromatic rings. The fourth-order valence-corrected chi connectivity index (χ4v) is 3.58. The Morgan fingerprint density at radius 3 is 2.50 bits per heavy atom. The Bertz CT molecular complexity index is 500. The number of halogens is 1. The molecule has 1 atom stereocenters. The highest BCUT2D eigenvalue weighted by molar-refractivity contribution is 9.09. The molecular weight excluding hydrogens is 314 g/mol. The number of sulfonamides is 1. The van der Waals surface area contributed by atoms with E-state index in [1.807, 2.05) is 19.9 Å². The minimum atomic E-state index is -3.39. The third-order valence-electron chi connectivity index (χ3n) is 2.89. The Balaban J connectivity index is 2.77. The highest BCUT2D eigenvalue weighted by Gasteiger charge is 2.15. The number of nitrogens with one attached hydrogen (secondary N) is 1. The van der Waals surface area contributed by atoms with Crippen LogP contribution in [0.3, 0.4) is 0 Å². The number of aryl methyl sites for hydroxylation is 2. The largest absolute Gasteiger partial charge is 0.240 e. The maximum Gasteiger partial charge on any atom is 0.240 e. The number of rotatable bonds is 6. The van der Waals surface area contributed by atoms with E-state index in [4.69, 9.17) is 0 Å². The normalized spacial score (nSPS) is 13.6. The molecule has 1 N–H and O–H groups in total. The molecule has 1 rings (SSSR count). The second-order valence-corrected chi connectivity index (χ2v) is 7.55. The van der Waals surface area contributed by atoms with E-state index >= 15 is 0 Å². The molecule has 0 heterocycles. The van der Waals surface area contributed by atoms with Crippen molar-refractivity contribution in [2.75, 3.05) is 6.54 Å². The van der Waals surface area contributed by atoms with Crippen LogP contribution in [0.5, 0.6) is 0 Å². The van der Waals surface area contributed by atoms with Gasteiger partial charge in [-0.2, -0.15) is 0 Å². The van der Waals surface area contributed by atoms with Crippen molar-refractivity contribution in [1.29, 1.82) is 0 Å². The summed E-state index contributed by atoms with van der Waals surface area (Å²) in [5.74, 6) is 0. The van der Waals surface area contributed by atoms with E-state index in [1.165, 1.54) is 0 Å². The van der Waals surface area contributed by atoms with Crippen molar-refractivity contribution in [3.05, 3.63) is 29.3 Å². The summed E-state index contributed by atoms with van der Waals surface area (Å²) < 4.78 is 26.8. The van der Waals surface area contributed by atoms with Crippen LogP contribution in [0.25, 0.3) is 0 Å². The second kappa shape index (κ2) is 6.68. The molecule has 1 aromatic carbocycles. The lowest BCUT2D eigenvalue weighted by Crippen LogP contribution is -2.29. The summed E-state index contributed by atoms with van der Waals surface area (Å²) in [6.45, 7) is 6.38. The molecule has 0 spiro atoms. The standard InChI is InChI=1S/C13H20BrNO2S/c1-4-5-12(14)9-15-18(16,17)13-7-6-10(2)11(3)8-13/h6-8,12,15H,4-5,9H2,1-3H3. The molecule has 0 fully saturated rings. The number of benzene rings is 1. The Morgan fingerprint density at radius 2 is 1.94 bits per heavy atom. The molecule has 0 saturated heterocycles. The molecular formula is C13H20BrNO2S. The zero-order valence-corrected chi connectivity index (χ0v) is 13.4. The van der Waals surface area contributed by atoms with Gasteiger partial charge in [-0.3, -0.25) is 0 Å². The van der Waals surface area contributed by atoms with Crippen LogP contribution in [-0.2, 0) is 10.0 Å². The first-order valence-electron chi connectivity index (χ1n) is 6.07. The van der Waals surface area contributed by atoms with Gasteiger partial charge in [-0.1, -0.05) is 35.3 Å². The fraction of sp³-hybridized carbons (Fsp3) is 0.538. The molecule has 0 saturated carbocycles. The van der Waals surface area contributed by atoms with E-state index in [2.05, 4.69) is 27.6 Å². The van der Waals surface area contributed by atoms with Crippen molar-refractivity contribution in [1.82, 2.24) is 4.72 Å². The van der Waals surface area contributed by atoms with E-state index in [-0.39, 0.29) is 4.83 Å². The number of alkyl halides is 1. The molecule has 102 valence electrons. The first kappa shape index (κ1) is 15.7. The van der Waals surface area contributed by atoms with Gasteiger partial charge < -0.3 is 0 Å². The first-order chi connectivity index (χ1) is 8.36. The van der Waals surface area contributed by atoms with Gasteiger partial charge >= 0.3 is 0 Å². The monoisotopic (exact) mass is 333 g/mol. The van der Waals surface area contributed by atoms with Gasteiger partial charge in [-0.25, -0.2) is 13.1 Å². The minimum absolute atomic E-state index is 0.184. The lowest BCUT2D eigenvalue weighted by atomic mass is 10.1. The van der Waals surface area contributed by atoms with E-state index < -0.39 is 10.0 Å². The van der Waals surface area contributed by atoms with Crippen molar-refractivity contribution in [2.45, 2.75) is 43.3 Å². The summed E-state index contributed by atoms with van der Waals surface area (Å²) in [4.78, 5) is 0.519. The van der Waals surface area contributed by atoms with Crippen LogP contribution in [0, 0.1) is 13.8 Å². The van der Waals surface area contributed by atoms with Crippen molar-refractivity contribution in [2.24, 2.45) is 0 Å². The minimum Gasteiger partial charge on any atom is -0.210 e. The van der Waals surface area contributed by atoms with Gasteiger partial charge in [0.15, 0.2) is 0 Å². The predicted molar refractivity (Wildman–Crippen MR) is 78.7 cm³/mol. The summed E-state index contributed by atoms with van der Waals surface area (Å²) in [6.07, 6.45) is 1.98. The molecule has 0 aliphatic rings. The highest BCUT2D eigenvalue weighted by atomic mass is 79.9. The van der Waals surface area contributed by atoms with Gasteiger partial charge in [-0.15, -0.1) is 0 Å². The van der Waals surface area contributed by atoms with Gasteiger partial charge in [-0.05, 0) is 43.5 Å². The van der Waals surface area contributed by atoms with E-state index in [1.54, 1.807) is 12.1 Å². The van der Waals surface area contributed by atoms with Crippen molar-refractivity contribution in [3.63, 3.8) is 0 Å². The third-order valence-corrected chi connectivity index (χ3v) is 5.09. The summed E-state index contributed by atoms with van der Waals surface area (Å²) >= 11 is 3.46. The zero-order chi connectivity index (χ0) is 13.8. The molecule has 0 amide bonds. The third kappa shape index (κ3) is 4.37. The van der Waals surface area contributed by atoms with Crippen molar-refractivity contribution < 1.29 is 8.42 Å². The van der Waals surface area contributed by atoms with Crippen LogP contribution in [0.1, 0.15) is 30.9 Å². The van der Waals surface area contributed by atoms with Gasteiger partial charge in [0.25, 0.3) is 0 Å². The van der Waals surface area contributed by atoms with Gasteiger partial charge in [0.2, 0.25) is 10.0 Å². The molecule has 0 bridgehead atoms. The molecule has 3 nitrogen and oxygen atoms in total. The quantitative estimate of drug-likeness (QED) is 0.813. The van der Waals surface area contributed by atoms with E-state index in [9.17, 15) is 8.42 Å². The second-order valence-electron chi connectivity index (χ2n) is 4.48. The van der Waals surface area contributed by atoms with Crippen LogP contribution in [0.15, 0.2) is 23.1 Å². The predicted octanol–water partition coefficient (Wildman–Crippen LogP) is 3.15.